The monoisotopic (exact) mass is 419 g/mol. The zero-order chi connectivity index (χ0) is 20.1. The number of rotatable bonds is 8. The predicted molar refractivity (Wildman–Crippen MR) is 120 cm³/mol. The van der Waals surface area contributed by atoms with Crippen molar-refractivity contribution in [3.05, 3.63) is 88.8 Å². The molecule has 0 N–H and O–H groups in total. The molecule has 0 saturated heterocycles. The van der Waals surface area contributed by atoms with Crippen molar-refractivity contribution in [2.45, 2.75) is 25.0 Å². The zero-order valence-corrected chi connectivity index (χ0v) is 17.7. The Kier molecular flexibility index (Phi) is 6.22. The predicted octanol–water partition coefficient (Wildman–Crippen LogP) is 5.59. The topological polar surface area (TPSA) is 47.8 Å². The van der Waals surface area contributed by atoms with Crippen molar-refractivity contribution in [1.29, 1.82) is 0 Å². The Labute approximate surface area is 178 Å². The zero-order valence-electron chi connectivity index (χ0n) is 16.1. The number of ketones is 1. The third-order valence-corrected chi connectivity index (χ3v) is 6.49. The van der Waals surface area contributed by atoms with Gasteiger partial charge in [-0.2, -0.15) is 0 Å². The molecule has 0 fully saturated rings. The van der Waals surface area contributed by atoms with Gasteiger partial charge >= 0.3 is 0 Å². The molecule has 6 heteroatoms. The summed E-state index contributed by atoms with van der Waals surface area (Å²) in [6.45, 7) is 2.78. The number of benzene rings is 2. The first kappa shape index (κ1) is 19.6. The third kappa shape index (κ3) is 4.66. The van der Waals surface area contributed by atoms with Gasteiger partial charge in [-0.15, -0.1) is 21.5 Å². The number of thioether (sulfide) groups is 1. The van der Waals surface area contributed by atoms with Crippen molar-refractivity contribution < 1.29 is 4.79 Å². The van der Waals surface area contributed by atoms with E-state index >= 15 is 0 Å². The van der Waals surface area contributed by atoms with Crippen LogP contribution in [0.3, 0.4) is 0 Å². The number of hydrogen-bond acceptors (Lipinski definition) is 5. The first-order chi connectivity index (χ1) is 14.2. The molecule has 2 aromatic heterocycles. The number of carbonyl (C=O) groups is 1. The standard InChI is InChI=1S/C23H21N3OS2/c1-2-17-10-12-19(13-11-17)20(27)16-29-23-25-24-22(21-9-6-14-28-21)26(23)15-18-7-4-3-5-8-18/h3-14H,2,15-16H2,1H3. The number of aryl methyl sites for hydroxylation is 1. The molecule has 0 radical (unpaired) electrons. The van der Waals surface area contributed by atoms with Gasteiger partial charge in [0.2, 0.25) is 0 Å². The van der Waals surface area contributed by atoms with Crippen LogP contribution in [0.1, 0.15) is 28.4 Å². The molecule has 4 rings (SSSR count). The number of aromatic nitrogens is 3. The second-order valence-electron chi connectivity index (χ2n) is 6.62. The van der Waals surface area contributed by atoms with Crippen LogP contribution in [0.25, 0.3) is 10.7 Å². The molecule has 0 saturated carbocycles. The first-order valence-electron chi connectivity index (χ1n) is 9.50. The molecular formula is C23H21N3OS2. The Morgan fingerprint density at radius 2 is 1.76 bits per heavy atom. The second-order valence-corrected chi connectivity index (χ2v) is 8.51. The molecule has 0 unspecified atom stereocenters. The normalized spacial score (nSPS) is 10.9. The minimum atomic E-state index is 0.101. The molecule has 0 bridgehead atoms. The summed E-state index contributed by atoms with van der Waals surface area (Å²) in [6, 6.07) is 22.2. The number of Topliss-reactive ketones (excluding diaryl/α,β-unsaturated/α-hetero) is 1. The highest BCUT2D eigenvalue weighted by Gasteiger charge is 2.17. The average molecular weight is 420 g/mol. The maximum absolute atomic E-state index is 12.6. The minimum Gasteiger partial charge on any atom is -0.297 e. The molecule has 0 spiro atoms. The molecule has 4 aromatic rings. The Bertz CT molecular complexity index is 1070. The minimum absolute atomic E-state index is 0.101. The summed E-state index contributed by atoms with van der Waals surface area (Å²) in [4.78, 5) is 13.7. The lowest BCUT2D eigenvalue weighted by Crippen LogP contribution is -2.07. The van der Waals surface area contributed by atoms with Crippen LogP contribution in [-0.2, 0) is 13.0 Å². The van der Waals surface area contributed by atoms with Crippen LogP contribution in [0, 0.1) is 0 Å². The van der Waals surface area contributed by atoms with E-state index in [1.807, 2.05) is 60.0 Å². The van der Waals surface area contributed by atoms with Gasteiger partial charge in [0, 0.05) is 5.56 Å². The average Bonchev–Trinajstić information content (AvgIpc) is 3.43. The SMILES string of the molecule is CCc1ccc(C(=O)CSc2nnc(-c3cccs3)n2Cc2ccccc2)cc1. The summed E-state index contributed by atoms with van der Waals surface area (Å²) < 4.78 is 2.10. The van der Waals surface area contributed by atoms with Crippen LogP contribution < -0.4 is 0 Å². The van der Waals surface area contributed by atoms with E-state index in [2.05, 4.69) is 33.8 Å². The molecule has 0 aliphatic heterocycles. The van der Waals surface area contributed by atoms with E-state index in [0.717, 1.165) is 27.8 Å². The molecule has 4 nitrogen and oxygen atoms in total. The van der Waals surface area contributed by atoms with Crippen molar-refractivity contribution in [3.63, 3.8) is 0 Å². The fourth-order valence-corrected chi connectivity index (χ4v) is 4.58. The lowest BCUT2D eigenvalue weighted by atomic mass is 10.1. The number of thiophene rings is 1. The summed E-state index contributed by atoms with van der Waals surface area (Å²) in [6.07, 6.45) is 0.970. The van der Waals surface area contributed by atoms with Gasteiger partial charge in [0.1, 0.15) is 0 Å². The van der Waals surface area contributed by atoms with Crippen molar-refractivity contribution in [1.82, 2.24) is 14.8 Å². The van der Waals surface area contributed by atoms with Gasteiger partial charge in [-0.25, -0.2) is 0 Å². The van der Waals surface area contributed by atoms with Gasteiger partial charge < -0.3 is 0 Å². The molecule has 0 atom stereocenters. The highest BCUT2D eigenvalue weighted by molar-refractivity contribution is 7.99. The molecular weight excluding hydrogens is 398 g/mol. The fraction of sp³-hybridized carbons (Fsp3) is 0.174. The smallest absolute Gasteiger partial charge is 0.192 e. The van der Waals surface area contributed by atoms with Gasteiger partial charge in [0.15, 0.2) is 16.8 Å². The van der Waals surface area contributed by atoms with Gasteiger partial charge in [-0.05, 0) is 29.0 Å². The molecule has 0 aliphatic rings. The number of hydrogen-bond donors (Lipinski definition) is 0. The third-order valence-electron chi connectivity index (χ3n) is 4.66. The second kappa shape index (κ2) is 9.20. The Morgan fingerprint density at radius 3 is 2.45 bits per heavy atom. The van der Waals surface area contributed by atoms with E-state index in [0.29, 0.717) is 12.3 Å². The van der Waals surface area contributed by atoms with Crippen molar-refractivity contribution in [3.8, 4) is 10.7 Å². The van der Waals surface area contributed by atoms with Crippen LogP contribution in [0.2, 0.25) is 0 Å². The molecule has 2 aromatic carbocycles. The van der Waals surface area contributed by atoms with Crippen LogP contribution >= 0.6 is 23.1 Å². The number of carbonyl (C=O) groups excluding carboxylic acids is 1. The van der Waals surface area contributed by atoms with Crippen molar-refractivity contribution in [2.24, 2.45) is 0 Å². The summed E-state index contributed by atoms with van der Waals surface area (Å²) in [7, 11) is 0. The van der Waals surface area contributed by atoms with Gasteiger partial charge in [0.05, 0.1) is 17.2 Å². The molecule has 29 heavy (non-hydrogen) atoms. The van der Waals surface area contributed by atoms with Crippen LogP contribution in [0.4, 0.5) is 0 Å². The summed E-state index contributed by atoms with van der Waals surface area (Å²) in [5.41, 5.74) is 3.15. The largest absolute Gasteiger partial charge is 0.297 e. The lowest BCUT2D eigenvalue weighted by Gasteiger charge is -2.09. The van der Waals surface area contributed by atoms with Crippen LogP contribution in [-0.4, -0.2) is 26.3 Å². The van der Waals surface area contributed by atoms with E-state index < -0.39 is 0 Å². The van der Waals surface area contributed by atoms with Crippen molar-refractivity contribution >= 4 is 28.9 Å². The van der Waals surface area contributed by atoms with E-state index in [1.54, 1.807) is 11.3 Å². The Hall–Kier alpha value is -2.70. The van der Waals surface area contributed by atoms with Crippen LogP contribution in [0.5, 0.6) is 0 Å². The maximum Gasteiger partial charge on any atom is 0.192 e. The molecule has 0 amide bonds. The molecule has 2 heterocycles. The quantitative estimate of drug-likeness (QED) is 0.276. The molecule has 0 aliphatic carbocycles. The Balaban J connectivity index is 1.55. The van der Waals surface area contributed by atoms with E-state index in [1.165, 1.54) is 22.9 Å². The summed E-state index contributed by atoms with van der Waals surface area (Å²) in [5.74, 6) is 1.28. The number of nitrogens with zero attached hydrogens (tertiary/aromatic N) is 3. The van der Waals surface area contributed by atoms with Gasteiger partial charge in [-0.3, -0.25) is 9.36 Å². The van der Waals surface area contributed by atoms with Gasteiger partial charge in [-0.1, -0.05) is 79.3 Å². The lowest BCUT2D eigenvalue weighted by molar-refractivity contribution is 0.102. The first-order valence-corrected chi connectivity index (χ1v) is 11.4. The van der Waals surface area contributed by atoms with Gasteiger partial charge in [0.25, 0.3) is 0 Å². The Morgan fingerprint density at radius 1 is 0.966 bits per heavy atom. The summed E-state index contributed by atoms with van der Waals surface area (Å²) in [5, 5.41) is 11.6. The highest BCUT2D eigenvalue weighted by atomic mass is 32.2. The van der Waals surface area contributed by atoms with Crippen molar-refractivity contribution in [2.75, 3.05) is 5.75 Å². The maximum atomic E-state index is 12.6. The van der Waals surface area contributed by atoms with E-state index in [4.69, 9.17) is 0 Å². The molecule has 146 valence electrons. The van der Waals surface area contributed by atoms with E-state index in [9.17, 15) is 4.79 Å². The summed E-state index contributed by atoms with van der Waals surface area (Å²) >= 11 is 3.08. The fourth-order valence-electron chi connectivity index (χ4n) is 3.03. The van der Waals surface area contributed by atoms with Crippen LogP contribution in [0.15, 0.2) is 77.3 Å². The highest BCUT2D eigenvalue weighted by Crippen LogP contribution is 2.28. The van der Waals surface area contributed by atoms with E-state index in [-0.39, 0.29) is 5.78 Å².